The molecular weight excluding hydrogens is 519 g/mol. The SMILES string of the molecule is CC(=O)Nc1nnc(SCc2ccc(-n3ccnc3)c(F)c2C#CCOCCNC(=O)OC(C)(C)C)s1. The Hall–Kier alpha value is -3.47. The maximum absolute atomic E-state index is 15.5. The molecule has 2 aromatic heterocycles. The van der Waals surface area contributed by atoms with E-state index in [1.807, 2.05) is 0 Å². The van der Waals surface area contributed by atoms with E-state index in [9.17, 15) is 9.59 Å². The lowest BCUT2D eigenvalue weighted by molar-refractivity contribution is -0.114. The largest absolute Gasteiger partial charge is 0.444 e. The van der Waals surface area contributed by atoms with Crippen molar-refractivity contribution >= 4 is 40.2 Å². The number of nitrogens with zero attached hydrogens (tertiary/aromatic N) is 4. The first-order chi connectivity index (χ1) is 17.6. The summed E-state index contributed by atoms with van der Waals surface area (Å²) < 4.78 is 28.3. The molecule has 0 atom stereocenters. The Kier molecular flexibility index (Phi) is 10.0. The Bertz CT molecular complexity index is 1280. The normalized spacial score (nSPS) is 10.9. The van der Waals surface area contributed by atoms with Crippen molar-refractivity contribution in [2.45, 2.75) is 43.4 Å². The molecule has 0 radical (unpaired) electrons. The Morgan fingerprint density at radius 2 is 2.08 bits per heavy atom. The molecule has 0 spiro atoms. The molecule has 0 unspecified atom stereocenters. The third-order valence-electron chi connectivity index (χ3n) is 4.33. The fourth-order valence-corrected chi connectivity index (χ4v) is 4.65. The summed E-state index contributed by atoms with van der Waals surface area (Å²) in [6.45, 7) is 7.27. The van der Waals surface area contributed by atoms with Crippen molar-refractivity contribution in [3.05, 3.63) is 47.8 Å². The Balaban J connectivity index is 1.65. The Morgan fingerprint density at radius 1 is 1.27 bits per heavy atom. The van der Waals surface area contributed by atoms with Crippen molar-refractivity contribution in [1.82, 2.24) is 25.1 Å². The maximum atomic E-state index is 15.5. The van der Waals surface area contributed by atoms with Gasteiger partial charge in [0.2, 0.25) is 11.0 Å². The molecule has 3 aromatic rings. The van der Waals surface area contributed by atoms with E-state index in [-0.39, 0.29) is 31.2 Å². The van der Waals surface area contributed by atoms with Crippen molar-refractivity contribution < 1.29 is 23.5 Å². The summed E-state index contributed by atoms with van der Waals surface area (Å²) in [6, 6.07) is 3.47. The van der Waals surface area contributed by atoms with Crippen molar-refractivity contribution in [2.24, 2.45) is 0 Å². The van der Waals surface area contributed by atoms with Gasteiger partial charge in [0.15, 0.2) is 10.2 Å². The summed E-state index contributed by atoms with van der Waals surface area (Å²) in [5.41, 5.74) is 0.648. The predicted octanol–water partition coefficient (Wildman–Crippen LogP) is 4.01. The highest BCUT2D eigenvalue weighted by molar-refractivity contribution is 8.00. The fraction of sp³-hybridized carbons (Fsp3) is 0.375. The number of hydrogen-bond acceptors (Lipinski definition) is 9. The lowest BCUT2D eigenvalue weighted by Crippen LogP contribution is -2.34. The zero-order valence-corrected chi connectivity index (χ0v) is 22.5. The molecule has 0 fully saturated rings. The number of ether oxygens (including phenoxy) is 2. The molecular formula is C24H27FN6O4S2. The predicted molar refractivity (Wildman–Crippen MR) is 139 cm³/mol. The molecule has 10 nitrogen and oxygen atoms in total. The van der Waals surface area contributed by atoms with E-state index in [1.54, 1.807) is 49.9 Å². The zero-order valence-electron chi connectivity index (χ0n) is 20.8. The van der Waals surface area contributed by atoms with E-state index in [0.29, 0.717) is 26.5 Å². The minimum Gasteiger partial charge on any atom is -0.444 e. The fourth-order valence-electron chi connectivity index (χ4n) is 2.86. The van der Waals surface area contributed by atoms with Crippen LogP contribution >= 0.6 is 23.1 Å². The molecule has 0 saturated carbocycles. The van der Waals surface area contributed by atoms with E-state index in [1.165, 1.54) is 36.3 Å². The lowest BCUT2D eigenvalue weighted by atomic mass is 10.1. The number of anilines is 1. The quantitative estimate of drug-likeness (QED) is 0.179. The minimum atomic E-state index is -0.578. The zero-order chi connectivity index (χ0) is 26.8. The highest BCUT2D eigenvalue weighted by Crippen LogP contribution is 2.31. The summed E-state index contributed by atoms with van der Waals surface area (Å²) in [7, 11) is 0. The minimum absolute atomic E-state index is 0.0494. The molecule has 13 heteroatoms. The van der Waals surface area contributed by atoms with Gasteiger partial charge in [-0.05, 0) is 32.4 Å². The number of aromatic nitrogens is 4. The van der Waals surface area contributed by atoms with E-state index < -0.39 is 17.5 Å². The number of thioether (sulfide) groups is 1. The molecule has 2 N–H and O–H groups in total. The van der Waals surface area contributed by atoms with Crippen LogP contribution < -0.4 is 10.6 Å². The van der Waals surface area contributed by atoms with Gasteiger partial charge in [-0.15, -0.1) is 10.2 Å². The third kappa shape index (κ3) is 9.16. The molecule has 0 aliphatic heterocycles. The molecule has 0 aliphatic rings. The number of benzene rings is 1. The number of imidazole rings is 1. The number of amides is 2. The smallest absolute Gasteiger partial charge is 0.407 e. The first kappa shape index (κ1) is 28.1. The first-order valence-corrected chi connectivity index (χ1v) is 13.0. The molecule has 0 bridgehead atoms. The molecule has 0 saturated heterocycles. The number of carbonyl (C=O) groups is 2. The second-order valence-electron chi connectivity index (χ2n) is 8.53. The van der Waals surface area contributed by atoms with Crippen molar-refractivity contribution in [1.29, 1.82) is 0 Å². The van der Waals surface area contributed by atoms with Crippen molar-refractivity contribution in [3.63, 3.8) is 0 Å². The van der Waals surface area contributed by atoms with E-state index in [2.05, 4.69) is 37.7 Å². The second kappa shape index (κ2) is 13.2. The third-order valence-corrected chi connectivity index (χ3v) is 6.35. The molecule has 196 valence electrons. The molecule has 1 aromatic carbocycles. The summed E-state index contributed by atoms with van der Waals surface area (Å²) >= 11 is 2.59. The van der Waals surface area contributed by atoms with Crippen LogP contribution in [0.1, 0.15) is 38.8 Å². The molecule has 2 amide bonds. The van der Waals surface area contributed by atoms with E-state index >= 15 is 4.39 Å². The van der Waals surface area contributed by atoms with Gasteiger partial charge in [-0.25, -0.2) is 14.2 Å². The number of alkyl carbamates (subject to hydrolysis) is 1. The maximum Gasteiger partial charge on any atom is 0.407 e. The van der Waals surface area contributed by atoms with Crippen LogP contribution in [0.2, 0.25) is 0 Å². The van der Waals surface area contributed by atoms with Crippen LogP contribution in [0.5, 0.6) is 0 Å². The van der Waals surface area contributed by atoms with Crippen LogP contribution in [-0.2, 0) is 20.0 Å². The topological polar surface area (TPSA) is 120 Å². The van der Waals surface area contributed by atoms with Gasteiger partial charge in [0.05, 0.1) is 24.2 Å². The Morgan fingerprint density at radius 3 is 2.78 bits per heavy atom. The molecule has 2 heterocycles. The molecule has 37 heavy (non-hydrogen) atoms. The van der Waals surface area contributed by atoms with Gasteiger partial charge in [0.25, 0.3) is 0 Å². The first-order valence-electron chi connectivity index (χ1n) is 11.2. The standard InChI is InChI=1S/C24H27FN6O4S2/c1-16(32)28-21-29-30-23(37-21)36-14-17-7-8-19(31-11-9-26-15-31)20(25)18(17)6-5-12-34-13-10-27-22(33)35-24(2,3)4/h7-9,11,15H,10,12-14H2,1-4H3,(H,27,33)(H,28,29,32). The van der Waals surface area contributed by atoms with Gasteiger partial charge in [-0.2, -0.15) is 0 Å². The van der Waals surface area contributed by atoms with Crippen LogP contribution in [0.3, 0.4) is 0 Å². The van der Waals surface area contributed by atoms with Crippen LogP contribution in [0.4, 0.5) is 14.3 Å². The van der Waals surface area contributed by atoms with Crippen LogP contribution in [0.15, 0.2) is 35.2 Å². The highest BCUT2D eigenvalue weighted by atomic mass is 32.2. The van der Waals surface area contributed by atoms with Crippen LogP contribution in [0.25, 0.3) is 5.69 Å². The van der Waals surface area contributed by atoms with Gasteiger partial charge >= 0.3 is 6.09 Å². The summed E-state index contributed by atoms with van der Waals surface area (Å²) in [5, 5.41) is 13.6. The summed E-state index contributed by atoms with van der Waals surface area (Å²) in [5.74, 6) is 5.40. The van der Waals surface area contributed by atoms with Gasteiger partial charge in [-0.3, -0.25) is 4.79 Å². The number of halogens is 1. The number of hydrogen-bond donors (Lipinski definition) is 2. The van der Waals surface area contributed by atoms with Crippen molar-refractivity contribution in [2.75, 3.05) is 25.1 Å². The lowest BCUT2D eigenvalue weighted by Gasteiger charge is -2.19. The monoisotopic (exact) mass is 546 g/mol. The van der Waals surface area contributed by atoms with Crippen LogP contribution in [0, 0.1) is 17.7 Å². The van der Waals surface area contributed by atoms with Crippen molar-refractivity contribution in [3.8, 4) is 17.5 Å². The number of nitrogens with one attached hydrogen (secondary N) is 2. The van der Waals surface area contributed by atoms with Gasteiger partial charge in [0.1, 0.15) is 12.2 Å². The molecule has 0 aliphatic carbocycles. The van der Waals surface area contributed by atoms with Gasteiger partial charge in [0, 0.05) is 31.6 Å². The average Bonchev–Trinajstić information content (AvgIpc) is 3.49. The Labute approximate surface area is 222 Å². The van der Waals surface area contributed by atoms with Gasteiger partial charge < -0.3 is 24.7 Å². The number of carbonyl (C=O) groups excluding carboxylic acids is 2. The van der Waals surface area contributed by atoms with Crippen LogP contribution in [-0.4, -0.2) is 57.1 Å². The second-order valence-corrected chi connectivity index (χ2v) is 10.7. The van der Waals surface area contributed by atoms with E-state index in [0.717, 1.165) is 0 Å². The van der Waals surface area contributed by atoms with Gasteiger partial charge in [-0.1, -0.05) is 41.0 Å². The highest BCUT2D eigenvalue weighted by Gasteiger charge is 2.16. The average molecular weight is 547 g/mol. The summed E-state index contributed by atoms with van der Waals surface area (Å²) in [6.07, 6.45) is 4.20. The van der Waals surface area contributed by atoms with E-state index in [4.69, 9.17) is 9.47 Å². The summed E-state index contributed by atoms with van der Waals surface area (Å²) in [4.78, 5) is 26.8. The molecule has 3 rings (SSSR count). The number of rotatable bonds is 9.